The highest BCUT2D eigenvalue weighted by molar-refractivity contribution is 6.35. The van der Waals surface area contributed by atoms with Gasteiger partial charge in [-0.2, -0.15) is 0 Å². The second-order valence-electron chi connectivity index (χ2n) is 5.06. The van der Waals surface area contributed by atoms with Crippen LogP contribution in [0.4, 0.5) is 0 Å². The van der Waals surface area contributed by atoms with Crippen LogP contribution in [0.25, 0.3) is 0 Å². The summed E-state index contributed by atoms with van der Waals surface area (Å²) < 4.78 is 4.97. The Morgan fingerprint density at radius 3 is 2.41 bits per heavy atom. The van der Waals surface area contributed by atoms with Crippen molar-refractivity contribution in [3.05, 3.63) is 33.8 Å². The maximum absolute atomic E-state index is 12.4. The van der Waals surface area contributed by atoms with E-state index in [0.717, 1.165) is 5.06 Å². The molecule has 1 aromatic rings. The van der Waals surface area contributed by atoms with Crippen LogP contribution in [0.5, 0.6) is 0 Å². The fourth-order valence-electron chi connectivity index (χ4n) is 1.93. The Morgan fingerprint density at radius 1 is 1.27 bits per heavy atom. The van der Waals surface area contributed by atoms with Crippen LogP contribution in [0.3, 0.4) is 0 Å². The van der Waals surface area contributed by atoms with Crippen molar-refractivity contribution in [3.63, 3.8) is 0 Å². The van der Waals surface area contributed by atoms with Gasteiger partial charge in [0.05, 0.1) is 20.1 Å². The van der Waals surface area contributed by atoms with E-state index < -0.39 is 17.4 Å². The molecule has 0 aliphatic heterocycles. The first-order chi connectivity index (χ1) is 10.2. The number of carbonyl (C=O) groups is 2. The van der Waals surface area contributed by atoms with E-state index in [1.54, 1.807) is 39.0 Å². The van der Waals surface area contributed by atoms with E-state index in [2.05, 4.69) is 0 Å². The molecule has 0 aliphatic carbocycles. The molecule has 0 aliphatic rings. The molecule has 1 amide bonds. The van der Waals surface area contributed by atoms with E-state index in [9.17, 15) is 9.59 Å². The fourth-order valence-corrected chi connectivity index (χ4v) is 2.41. The van der Waals surface area contributed by atoms with Crippen molar-refractivity contribution in [2.24, 2.45) is 0 Å². The predicted molar refractivity (Wildman–Crippen MR) is 84.7 cm³/mol. The van der Waals surface area contributed by atoms with Crippen LogP contribution in [-0.2, 0) is 25.6 Å². The number of nitrogens with zero attached hydrogens (tertiary/aromatic N) is 1. The standard InChI is InChI=1S/C15H19Cl2NO4/c1-5-22-14(20)15(2,3)18(21-4)13(19)8-10-6-7-11(16)9-12(10)17/h6-7,9H,5,8H2,1-4H3. The molecule has 0 aromatic heterocycles. The van der Waals surface area contributed by atoms with E-state index in [4.69, 9.17) is 32.8 Å². The van der Waals surface area contributed by atoms with E-state index in [-0.39, 0.29) is 13.0 Å². The second kappa shape index (κ2) is 7.81. The average molecular weight is 348 g/mol. The smallest absolute Gasteiger partial charge is 0.334 e. The number of halogens is 2. The highest BCUT2D eigenvalue weighted by Gasteiger charge is 2.40. The molecule has 22 heavy (non-hydrogen) atoms. The number of benzene rings is 1. The number of hydrogen-bond acceptors (Lipinski definition) is 4. The minimum atomic E-state index is -1.25. The lowest BCUT2D eigenvalue weighted by atomic mass is 10.0. The van der Waals surface area contributed by atoms with Crippen LogP contribution in [0, 0.1) is 0 Å². The summed E-state index contributed by atoms with van der Waals surface area (Å²) in [6.45, 7) is 5.02. The molecule has 0 saturated carbocycles. The third-order valence-corrected chi connectivity index (χ3v) is 3.64. The van der Waals surface area contributed by atoms with Crippen LogP contribution in [0.2, 0.25) is 10.0 Å². The Bertz CT molecular complexity index is 560. The number of amides is 1. The maximum atomic E-state index is 12.4. The van der Waals surface area contributed by atoms with Gasteiger partial charge in [0.2, 0.25) is 0 Å². The van der Waals surface area contributed by atoms with Gasteiger partial charge in [-0.25, -0.2) is 9.86 Å². The summed E-state index contributed by atoms with van der Waals surface area (Å²) in [5.41, 5.74) is -0.654. The van der Waals surface area contributed by atoms with Gasteiger partial charge in [0.25, 0.3) is 5.91 Å². The Hall–Kier alpha value is -1.30. The first-order valence-electron chi connectivity index (χ1n) is 6.72. The number of hydrogen-bond donors (Lipinski definition) is 0. The number of ether oxygens (including phenoxy) is 1. The van der Waals surface area contributed by atoms with Crippen LogP contribution >= 0.6 is 23.2 Å². The number of esters is 1. The summed E-state index contributed by atoms with van der Waals surface area (Å²) >= 11 is 11.9. The normalized spacial score (nSPS) is 11.2. The van der Waals surface area contributed by atoms with Gasteiger partial charge in [0.1, 0.15) is 0 Å². The molecule has 0 fully saturated rings. The SMILES string of the molecule is CCOC(=O)C(C)(C)N(OC)C(=O)Cc1ccc(Cl)cc1Cl. The van der Waals surface area contributed by atoms with Gasteiger partial charge in [-0.05, 0) is 38.5 Å². The van der Waals surface area contributed by atoms with Gasteiger partial charge < -0.3 is 4.74 Å². The Morgan fingerprint density at radius 2 is 1.91 bits per heavy atom. The van der Waals surface area contributed by atoms with Crippen molar-refractivity contribution in [2.75, 3.05) is 13.7 Å². The van der Waals surface area contributed by atoms with Gasteiger partial charge in [0.15, 0.2) is 5.54 Å². The molecule has 0 radical (unpaired) electrons. The van der Waals surface area contributed by atoms with Crippen molar-refractivity contribution < 1.29 is 19.2 Å². The molecule has 122 valence electrons. The van der Waals surface area contributed by atoms with E-state index in [1.165, 1.54) is 7.11 Å². The van der Waals surface area contributed by atoms with Crippen molar-refractivity contribution in [3.8, 4) is 0 Å². The summed E-state index contributed by atoms with van der Waals surface area (Å²) in [5.74, 6) is -0.961. The Balaban J connectivity index is 2.95. The highest BCUT2D eigenvalue weighted by Crippen LogP contribution is 2.24. The summed E-state index contributed by atoms with van der Waals surface area (Å²) in [7, 11) is 1.32. The lowest BCUT2D eigenvalue weighted by Gasteiger charge is -2.33. The number of carbonyl (C=O) groups excluding carboxylic acids is 2. The van der Waals surface area contributed by atoms with Crippen LogP contribution < -0.4 is 0 Å². The van der Waals surface area contributed by atoms with Crippen LogP contribution in [-0.4, -0.2) is 36.2 Å². The van der Waals surface area contributed by atoms with Crippen molar-refractivity contribution >= 4 is 35.1 Å². The predicted octanol–water partition coefficient (Wildman–Crippen LogP) is 3.27. The zero-order valence-electron chi connectivity index (χ0n) is 13.0. The first kappa shape index (κ1) is 18.7. The lowest BCUT2D eigenvalue weighted by molar-refractivity contribution is -0.213. The van der Waals surface area contributed by atoms with Gasteiger partial charge in [-0.3, -0.25) is 9.63 Å². The molecule has 1 aromatic carbocycles. The molecule has 0 bridgehead atoms. The topological polar surface area (TPSA) is 55.8 Å². The molecule has 1 rings (SSSR count). The molecule has 5 nitrogen and oxygen atoms in total. The molecule has 0 saturated heterocycles. The third-order valence-electron chi connectivity index (χ3n) is 3.05. The summed E-state index contributed by atoms with van der Waals surface area (Å²) in [6.07, 6.45) is -0.0212. The van der Waals surface area contributed by atoms with Crippen molar-refractivity contribution in [2.45, 2.75) is 32.7 Å². The zero-order valence-corrected chi connectivity index (χ0v) is 14.5. The molecule has 0 unspecified atom stereocenters. The molecular formula is C15H19Cl2NO4. The van der Waals surface area contributed by atoms with Crippen molar-refractivity contribution in [1.82, 2.24) is 5.06 Å². The second-order valence-corrected chi connectivity index (χ2v) is 5.91. The van der Waals surface area contributed by atoms with Gasteiger partial charge >= 0.3 is 5.97 Å². The van der Waals surface area contributed by atoms with E-state index in [1.807, 2.05) is 0 Å². The van der Waals surface area contributed by atoms with Crippen LogP contribution in [0.15, 0.2) is 18.2 Å². The van der Waals surface area contributed by atoms with Gasteiger partial charge in [-0.15, -0.1) is 0 Å². The molecule has 0 N–H and O–H groups in total. The first-order valence-corrected chi connectivity index (χ1v) is 7.48. The molecule has 7 heteroatoms. The maximum Gasteiger partial charge on any atom is 0.334 e. The quantitative estimate of drug-likeness (QED) is 0.585. The van der Waals surface area contributed by atoms with Crippen LogP contribution in [0.1, 0.15) is 26.3 Å². The minimum Gasteiger partial charge on any atom is -0.464 e. The molecule has 0 spiro atoms. The lowest BCUT2D eigenvalue weighted by Crippen LogP contribution is -2.53. The molecular weight excluding hydrogens is 329 g/mol. The Labute approximate surface area is 140 Å². The summed E-state index contributed by atoms with van der Waals surface area (Å²) in [5, 5.41) is 1.86. The van der Waals surface area contributed by atoms with Crippen molar-refractivity contribution in [1.29, 1.82) is 0 Å². The number of rotatable bonds is 6. The monoisotopic (exact) mass is 347 g/mol. The van der Waals surface area contributed by atoms with Gasteiger partial charge in [0, 0.05) is 10.0 Å². The molecule has 0 atom stereocenters. The fraction of sp³-hybridized carbons (Fsp3) is 0.467. The largest absolute Gasteiger partial charge is 0.464 e. The minimum absolute atomic E-state index is 0.0212. The third kappa shape index (κ3) is 4.35. The Kier molecular flexibility index (Phi) is 6.66. The van der Waals surface area contributed by atoms with E-state index >= 15 is 0 Å². The van der Waals surface area contributed by atoms with E-state index in [0.29, 0.717) is 15.6 Å². The summed E-state index contributed by atoms with van der Waals surface area (Å²) in [6, 6.07) is 4.86. The highest BCUT2D eigenvalue weighted by atomic mass is 35.5. The van der Waals surface area contributed by atoms with Gasteiger partial charge in [-0.1, -0.05) is 29.3 Å². The zero-order chi connectivity index (χ0) is 16.9. The average Bonchev–Trinajstić information content (AvgIpc) is 2.42. The summed E-state index contributed by atoms with van der Waals surface area (Å²) in [4.78, 5) is 29.5. The number of hydroxylamine groups is 2. The molecule has 0 heterocycles.